The van der Waals surface area contributed by atoms with E-state index in [1.807, 2.05) is 6.92 Å². The average Bonchev–Trinajstić information content (AvgIpc) is 1.88. The fraction of sp³-hybridized carbons (Fsp3) is 0.333. The number of aromatic nitrogens is 2. The molecule has 0 aliphatic carbocycles. The Hall–Kier alpha value is -1.32. The zero-order valence-electron chi connectivity index (χ0n) is 5.77. The lowest BCUT2D eigenvalue weighted by Gasteiger charge is -1.92. The quantitative estimate of drug-likeness (QED) is 0.543. The molecule has 0 aliphatic heterocycles. The molecule has 0 atom stereocenters. The van der Waals surface area contributed by atoms with Crippen LogP contribution >= 0.6 is 0 Å². The summed E-state index contributed by atoms with van der Waals surface area (Å²) in [5, 5.41) is 0. The zero-order chi connectivity index (χ0) is 7.56. The van der Waals surface area contributed by atoms with Crippen molar-refractivity contribution >= 4 is 5.82 Å². The van der Waals surface area contributed by atoms with E-state index in [9.17, 15) is 4.79 Å². The van der Waals surface area contributed by atoms with Crippen molar-refractivity contribution in [1.29, 1.82) is 0 Å². The highest BCUT2D eigenvalue weighted by Gasteiger charge is 2.01. The van der Waals surface area contributed by atoms with E-state index in [4.69, 9.17) is 5.73 Å². The van der Waals surface area contributed by atoms with Gasteiger partial charge in [0, 0.05) is 0 Å². The van der Waals surface area contributed by atoms with Gasteiger partial charge in [0.2, 0.25) is 0 Å². The van der Waals surface area contributed by atoms with E-state index < -0.39 is 0 Å². The molecule has 1 rings (SSSR count). The largest absolute Gasteiger partial charge is 0.495 e. The minimum absolute atomic E-state index is 0.269. The molecule has 1 heterocycles. The van der Waals surface area contributed by atoms with E-state index in [1.165, 1.54) is 0 Å². The predicted molar refractivity (Wildman–Crippen MR) is 37.4 cm³/mol. The van der Waals surface area contributed by atoms with E-state index in [0.717, 1.165) is 12.0 Å². The van der Waals surface area contributed by atoms with E-state index in [2.05, 4.69) is 9.97 Å². The van der Waals surface area contributed by atoms with E-state index in [-0.39, 0.29) is 5.69 Å². The van der Waals surface area contributed by atoms with Crippen molar-refractivity contribution in [2.75, 3.05) is 5.73 Å². The maximum absolute atomic E-state index is 10.6. The maximum atomic E-state index is 10.6. The number of nitrogen functional groups attached to an aromatic ring is 1. The van der Waals surface area contributed by atoms with Crippen LogP contribution in [-0.4, -0.2) is 4.98 Å². The van der Waals surface area contributed by atoms with Gasteiger partial charge in [-0.3, -0.25) is 0 Å². The molecule has 0 aromatic carbocycles. The third-order valence-corrected chi connectivity index (χ3v) is 1.35. The van der Waals surface area contributed by atoms with Crippen molar-refractivity contribution in [2.24, 2.45) is 0 Å². The van der Waals surface area contributed by atoms with Crippen molar-refractivity contribution in [2.45, 2.75) is 13.3 Å². The summed E-state index contributed by atoms with van der Waals surface area (Å²) in [4.78, 5) is 15.5. The van der Waals surface area contributed by atoms with Crippen molar-refractivity contribution < 1.29 is 4.98 Å². The molecule has 10 heavy (non-hydrogen) atoms. The Balaban J connectivity index is 3.19. The second kappa shape index (κ2) is 2.51. The molecule has 0 saturated carbocycles. The first kappa shape index (κ1) is 6.80. The molecule has 0 spiro atoms. The molecule has 0 radical (unpaired) electrons. The van der Waals surface area contributed by atoms with Gasteiger partial charge in [0.15, 0.2) is 5.82 Å². The molecule has 1 aromatic heterocycles. The summed E-state index contributed by atoms with van der Waals surface area (Å²) >= 11 is 0. The molecule has 0 aliphatic rings. The molecule has 1 aromatic rings. The number of aryl methyl sites for hydroxylation is 1. The van der Waals surface area contributed by atoms with Gasteiger partial charge >= 0.3 is 5.69 Å². The summed E-state index contributed by atoms with van der Waals surface area (Å²) in [6.07, 6.45) is 2.44. The third-order valence-electron chi connectivity index (χ3n) is 1.35. The van der Waals surface area contributed by atoms with Crippen LogP contribution in [0.5, 0.6) is 0 Å². The smallest absolute Gasteiger partial charge is 0.366 e. The van der Waals surface area contributed by atoms with Crippen LogP contribution in [0.15, 0.2) is 11.0 Å². The minimum Gasteiger partial charge on any atom is -0.366 e. The van der Waals surface area contributed by atoms with E-state index in [0.29, 0.717) is 5.82 Å². The Morgan fingerprint density at radius 3 is 3.00 bits per heavy atom. The van der Waals surface area contributed by atoms with Crippen LogP contribution in [0.1, 0.15) is 12.5 Å². The van der Waals surface area contributed by atoms with Crippen molar-refractivity contribution in [3.8, 4) is 0 Å². The number of aromatic amines is 2. The number of nitrogens with two attached hydrogens (primary N) is 1. The van der Waals surface area contributed by atoms with E-state index in [1.54, 1.807) is 6.20 Å². The van der Waals surface area contributed by atoms with Crippen LogP contribution in [0.25, 0.3) is 0 Å². The normalized spacial score (nSPS) is 9.70. The fourth-order valence-corrected chi connectivity index (χ4v) is 0.762. The zero-order valence-corrected chi connectivity index (χ0v) is 5.77. The summed E-state index contributed by atoms with van der Waals surface area (Å²) in [6, 6.07) is 0. The topological polar surface area (TPSA) is 73.0 Å². The van der Waals surface area contributed by atoms with Gasteiger partial charge in [0.1, 0.15) is 6.20 Å². The molecule has 4 nitrogen and oxygen atoms in total. The van der Waals surface area contributed by atoms with Gasteiger partial charge in [-0.2, -0.15) is 9.78 Å². The lowest BCUT2D eigenvalue weighted by atomic mass is 10.2. The number of nitrogens with one attached hydrogen (secondary N) is 2. The van der Waals surface area contributed by atoms with Gasteiger partial charge in [-0.15, -0.1) is 0 Å². The van der Waals surface area contributed by atoms with Crippen molar-refractivity contribution in [3.63, 3.8) is 0 Å². The summed E-state index contributed by atoms with van der Waals surface area (Å²) < 4.78 is 0. The molecule has 0 fully saturated rings. The second-order valence-corrected chi connectivity index (χ2v) is 2.04. The Kier molecular flexibility index (Phi) is 1.71. The number of hydrogen-bond acceptors (Lipinski definition) is 2. The van der Waals surface area contributed by atoms with Crippen LogP contribution in [-0.2, 0) is 6.42 Å². The van der Waals surface area contributed by atoms with Gasteiger partial charge < -0.3 is 5.73 Å². The highest BCUT2D eigenvalue weighted by molar-refractivity contribution is 5.34. The van der Waals surface area contributed by atoms with Gasteiger partial charge in [-0.25, -0.2) is 4.98 Å². The maximum Gasteiger partial charge on any atom is 0.495 e. The van der Waals surface area contributed by atoms with Crippen LogP contribution in [0.4, 0.5) is 5.82 Å². The van der Waals surface area contributed by atoms with Crippen LogP contribution in [0.2, 0.25) is 0 Å². The van der Waals surface area contributed by atoms with Gasteiger partial charge in [-0.05, 0) is 6.42 Å². The standard InChI is InChI=1S/C6H9N3O/c1-2-4-3-8-6(10)9-5(4)7/h3H,2H2,1H3,(H3,7,8,9,10)/p+1. The SMILES string of the molecule is CCc1c[nH+]c(=O)[nH]c1N. The molecule has 4 N–H and O–H groups in total. The van der Waals surface area contributed by atoms with Gasteiger partial charge in [-0.1, -0.05) is 6.92 Å². The second-order valence-electron chi connectivity index (χ2n) is 2.04. The Labute approximate surface area is 58.1 Å². The first-order valence-corrected chi connectivity index (χ1v) is 3.13. The lowest BCUT2D eigenvalue weighted by molar-refractivity contribution is -0.402. The molecule has 0 bridgehead atoms. The molecule has 54 valence electrons. The van der Waals surface area contributed by atoms with Gasteiger partial charge in [0.25, 0.3) is 0 Å². The molecule has 0 saturated heterocycles. The summed E-state index contributed by atoms with van der Waals surface area (Å²) in [5.41, 5.74) is 6.12. The number of anilines is 1. The number of H-pyrrole nitrogens is 2. The Bertz CT molecular complexity index is 279. The molecule has 0 unspecified atom stereocenters. The first-order valence-electron chi connectivity index (χ1n) is 3.13. The molecule has 4 heteroatoms. The van der Waals surface area contributed by atoms with E-state index >= 15 is 0 Å². The lowest BCUT2D eigenvalue weighted by Crippen LogP contribution is -2.30. The van der Waals surface area contributed by atoms with Crippen LogP contribution in [0, 0.1) is 0 Å². The highest BCUT2D eigenvalue weighted by Crippen LogP contribution is 2.00. The van der Waals surface area contributed by atoms with Crippen LogP contribution < -0.4 is 16.4 Å². The van der Waals surface area contributed by atoms with Gasteiger partial charge in [0.05, 0.1) is 5.56 Å². The average molecular weight is 140 g/mol. The first-order chi connectivity index (χ1) is 4.74. The Morgan fingerprint density at radius 1 is 1.80 bits per heavy atom. The highest BCUT2D eigenvalue weighted by atomic mass is 16.1. The number of hydrogen-bond donors (Lipinski definition) is 2. The molecule has 0 amide bonds. The van der Waals surface area contributed by atoms with Crippen molar-refractivity contribution in [1.82, 2.24) is 4.98 Å². The minimum atomic E-state index is -0.269. The Morgan fingerprint density at radius 2 is 2.50 bits per heavy atom. The monoisotopic (exact) mass is 140 g/mol. The van der Waals surface area contributed by atoms with Crippen LogP contribution in [0.3, 0.4) is 0 Å². The summed E-state index contributed by atoms with van der Waals surface area (Å²) in [5.74, 6) is 0.450. The molecular weight excluding hydrogens is 130 g/mol. The number of rotatable bonds is 1. The fourth-order valence-electron chi connectivity index (χ4n) is 0.762. The summed E-state index contributed by atoms with van der Waals surface area (Å²) in [6.45, 7) is 1.97. The summed E-state index contributed by atoms with van der Waals surface area (Å²) in [7, 11) is 0. The van der Waals surface area contributed by atoms with Crippen molar-refractivity contribution in [3.05, 3.63) is 22.2 Å². The predicted octanol–water partition coefficient (Wildman–Crippen LogP) is -0.666. The molecular formula is C6H10N3O+. The third kappa shape index (κ3) is 1.15.